The van der Waals surface area contributed by atoms with E-state index in [9.17, 15) is 8.42 Å². The smallest absolute Gasteiger partial charge is 0.285 e. The number of hydrogen-bond donors (Lipinski definition) is 0. The monoisotopic (exact) mass is 320 g/mol. The Labute approximate surface area is 120 Å². The predicted octanol–water partition coefficient (Wildman–Crippen LogP) is 1.95. The van der Waals surface area contributed by atoms with Gasteiger partial charge in [0.15, 0.2) is 0 Å². The van der Waals surface area contributed by atoms with E-state index in [2.05, 4.69) is 9.97 Å². The fourth-order valence-corrected chi connectivity index (χ4v) is 3.02. The summed E-state index contributed by atoms with van der Waals surface area (Å²) in [4.78, 5) is 7.74. The van der Waals surface area contributed by atoms with E-state index in [4.69, 9.17) is 23.2 Å². The highest BCUT2D eigenvalue weighted by atomic mass is 35.5. The molecule has 9 heteroatoms. The summed E-state index contributed by atoms with van der Waals surface area (Å²) in [7, 11) is -0.873. The Morgan fingerprint density at radius 1 is 1.26 bits per heavy atom. The second-order valence-corrected chi connectivity index (χ2v) is 6.44. The number of hydrogen-bond acceptors (Lipinski definition) is 4. The summed E-state index contributed by atoms with van der Waals surface area (Å²) in [6.07, 6.45) is 2.70. The van der Waals surface area contributed by atoms with E-state index < -0.39 is 10.0 Å². The van der Waals surface area contributed by atoms with Gasteiger partial charge in [0.05, 0.1) is 11.3 Å². The zero-order chi connectivity index (χ0) is 14.2. The van der Waals surface area contributed by atoms with Crippen LogP contribution in [0.1, 0.15) is 0 Å². The number of imidazole rings is 1. The molecule has 0 fully saturated rings. The van der Waals surface area contributed by atoms with Crippen molar-refractivity contribution < 1.29 is 8.42 Å². The third-order valence-electron chi connectivity index (χ3n) is 2.47. The van der Waals surface area contributed by atoms with Gasteiger partial charge >= 0.3 is 0 Å². The Kier molecular flexibility index (Phi) is 3.71. The van der Waals surface area contributed by atoms with Gasteiger partial charge in [-0.15, -0.1) is 0 Å². The van der Waals surface area contributed by atoms with Gasteiger partial charge in [0.2, 0.25) is 5.03 Å². The van der Waals surface area contributed by atoms with Crippen LogP contribution in [0.4, 0.5) is 5.82 Å². The number of nitrogens with zero attached hydrogens (tertiary/aromatic N) is 4. The minimum absolute atomic E-state index is 0.0424. The predicted molar refractivity (Wildman–Crippen MR) is 73.1 cm³/mol. The first-order chi connectivity index (χ1) is 8.84. The van der Waals surface area contributed by atoms with Crippen LogP contribution in [0, 0.1) is 0 Å². The van der Waals surface area contributed by atoms with Gasteiger partial charge in [-0.1, -0.05) is 23.2 Å². The van der Waals surface area contributed by atoms with Crippen LogP contribution in [0.25, 0.3) is 0 Å². The molecule has 102 valence electrons. The summed E-state index contributed by atoms with van der Waals surface area (Å²) in [6.45, 7) is 0. The van der Waals surface area contributed by atoms with Crippen molar-refractivity contribution >= 4 is 39.0 Å². The number of anilines is 1. The Morgan fingerprint density at radius 2 is 1.95 bits per heavy atom. The molecule has 6 nitrogen and oxygen atoms in total. The lowest BCUT2D eigenvalue weighted by molar-refractivity contribution is 0.591. The van der Waals surface area contributed by atoms with Gasteiger partial charge in [-0.05, 0) is 12.1 Å². The number of rotatable bonds is 3. The number of sulfonamides is 1. The van der Waals surface area contributed by atoms with Crippen LogP contribution in [0.5, 0.6) is 0 Å². The van der Waals surface area contributed by atoms with Crippen molar-refractivity contribution in [2.75, 3.05) is 11.4 Å². The molecular weight excluding hydrogens is 311 g/mol. The first-order valence-electron chi connectivity index (χ1n) is 5.11. The van der Waals surface area contributed by atoms with E-state index in [1.165, 1.54) is 30.2 Å². The van der Waals surface area contributed by atoms with Gasteiger partial charge in [-0.2, -0.15) is 8.42 Å². The lowest BCUT2D eigenvalue weighted by Crippen LogP contribution is -2.27. The Morgan fingerprint density at radius 3 is 2.42 bits per heavy atom. The fourth-order valence-electron chi connectivity index (χ4n) is 1.37. The lowest BCUT2D eigenvalue weighted by Gasteiger charge is -2.17. The van der Waals surface area contributed by atoms with Gasteiger partial charge in [-0.3, -0.25) is 4.31 Å². The average molecular weight is 321 g/mol. The molecule has 0 spiro atoms. The molecule has 0 aliphatic heterocycles. The van der Waals surface area contributed by atoms with Crippen LogP contribution in [-0.2, 0) is 17.1 Å². The van der Waals surface area contributed by atoms with Crippen LogP contribution in [0.15, 0.2) is 29.7 Å². The zero-order valence-corrected chi connectivity index (χ0v) is 12.4. The fraction of sp³-hybridized carbons (Fsp3) is 0.200. The van der Waals surface area contributed by atoms with Gasteiger partial charge < -0.3 is 4.57 Å². The van der Waals surface area contributed by atoms with E-state index in [0.717, 1.165) is 4.31 Å². The quantitative estimate of drug-likeness (QED) is 0.866. The van der Waals surface area contributed by atoms with Gasteiger partial charge in [0, 0.05) is 20.3 Å². The average Bonchev–Trinajstić information content (AvgIpc) is 2.70. The van der Waals surface area contributed by atoms with Crippen molar-refractivity contribution in [3.05, 3.63) is 34.8 Å². The summed E-state index contributed by atoms with van der Waals surface area (Å²) in [5, 5.41) is 0.252. The SMILES string of the molecule is CN(c1ccc(Cl)cn1)S(=O)(=O)c1ncn(C)c1Cl. The van der Waals surface area contributed by atoms with Gasteiger partial charge in [-0.25, -0.2) is 9.97 Å². The highest BCUT2D eigenvalue weighted by molar-refractivity contribution is 7.92. The van der Waals surface area contributed by atoms with Crippen molar-refractivity contribution in [1.29, 1.82) is 0 Å². The minimum Gasteiger partial charge on any atom is -0.324 e. The maximum absolute atomic E-state index is 12.3. The van der Waals surface area contributed by atoms with E-state index in [0.29, 0.717) is 5.02 Å². The summed E-state index contributed by atoms with van der Waals surface area (Å²) < 4.78 is 27.1. The third-order valence-corrected chi connectivity index (χ3v) is 4.95. The third kappa shape index (κ3) is 2.54. The molecule has 0 bridgehead atoms. The zero-order valence-electron chi connectivity index (χ0n) is 10.1. The van der Waals surface area contributed by atoms with Crippen LogP contribution in [0.2, 0.25) is 10.2 Å². The second-order valence-electron chi connectivity index (χ2n) is 3.76. The van der Waals surface area contributed by atoms with E-state index in [1.807, 2.05) is 0 Å². The molecule has 2 aromatic heterocycles. The van der Waals surface area contributed by atoms with E-state index in [1.54, 1.807) is 13.1 Å². The molecule has 0 unspecified atom stereocenters. The molecule has 0 amide bonds. The van der Waals surface area contributed by atoms with Crippen molar-refractivity contribution in [2.24, 2.45) is 7.05 Å². The standard InChI is InChI=1S/C10H10Cl2N4O2S/c1-15-6-14-10(9(15)12)19(17,18)16(2)8-4-3-7(11)5-13-8/h3-6H,1-2H3. The van der Waals surface area contributed by atoms with E-state index >= 15 is 0 Å². The molecule has 19 heavy (non-hydrogen) atoms. The molecule has 0 atom stereocenters. The lowest BCUT2D eigenvalue weighted by atomic mass is 10.5. The Bertz CT molecular complexity index is 697. The number of halogens is 2. The minimum atomic E-state index is -3.85. The van der Waals surface area contributed by atoms with E-state index in [-0.39, 0.29) is 16.0 Å². The van der Waals surface area contributed by atoms with Crippen molar-refractivity contribution in [3.8, 4) is 0 Å². The van der Waals surface area contributed by atoms with Gasteiger partial charge in [0.25, 0.3) is 10.0 Å². The first-order valence-corrected chi connectivity index (χ1v) is 7.31. The topological polar surface area (TPSA) is 68.1 Å². The molecule has 0 aromatic carbocycles. The van der Waals surface area contributed by atoms with Crippen LogP contribution in [0.3, 0.4) is 0 Å². The molecule has 0 aliphatic rings. The number of aryl methyl sites for hydroxylation is 1. The molecule has 0 N–H and O–H groups in total. The summed E-state index contributed by atoms with van der Waals surface area (Å²) in [5.74, 6) is 0.228. The maximum Gasteiger partial charge on any atom is 0.285 e. The van der Waals surface area contributed by atoms with Crippen LogP contribution < -0.4 is 4.31 Å². The van der Waals surface area contributed by atoms with Crippen LogP contribution >= 0.6 is 23.2 Å². The Hall–Kier alpha value is -1.31. The molecule has 2 aromatic rings. The van der Waals surface area contributed by atoms with Gasteiger partial charge in [0.1, 0.15) is 11.0 Å². The molecule has 0 aliphatic carbocycles. The van der Waals surface area contributed by atoms with Crippen molar-refractivity contribution in [2.45, 2.75) is 5.03 Å². The number of pyridine rings is 1. The molecule has 2 rings (SSSR count). The van der Waals surface area contributed by atoms with Crippen LogP contribution in [-0.4, -0.2) is 30.0 Å². The molecule has 2 heterocycles. The number of aromatic nitrogens is 3. The first kappa shape index (κ1) is 14.1. The molecule has 0 saturated carbocycles. The summed E-state index contributed by atoms with van der Waals surface area (Å²) >= 11 is 11.6. The highest BCUT2D eigenvalue weighted by Crippen LogP contribution is 2.25. The molecular formula is C10H10Cl2N4O2S. The molecule has 0 radical (unpaired) electrons. The second kappa shape index (κ2) is 4.99. The summed E-state index contributed by atoms with van der Waals surface area (Å²) in [5.41, 5.74) is 0. The van der Waals surface area contributed by atoms with Crippen molar-refractivity contribution in [1.82, 2.24) is 14.5 Å². The highest BCUT2D eigenvalue weighted by Gasteiger charge is 2.28. The Balaban J connectivity index is 2.45. The maximum atomic E-state index is 12.3. The molecule has 0 saturated heterocycles. The summed E-state index contributed by atoms with van der Waals surface area (Å²) in [6, 6.07) is 3.05. The normalized spacial score (nSPS) is 11.6. The largest absolute Gasteiger partial charge is 0.324 e. The van der Waals surface area contributed by atoms with Crippen molar-refractivity contribution in [3.63, 3.8) is 0 Å².